The topological polar surface area (TPSA) is 170 Å². The first kappa shape index (κ1) is 31.5. The van der Waals surface area contributed by atoms with Gasteiger partial charge in [0, 0.05) is 34.6 Å². The number of pyridine rings is 4. The van der Waals surface area contributed by atoms with Gasteiger partial charge in [-0.05, 0) is 50.2 Å². The standard InChI is InChI=1S/C16H13FN4O2.C13H7FN4O.C3H6O/c1-10(22)9-23-13-4-14(11-2-3-15(17)19-6-11)16-12(5-18)7-20-21(16)8-13;14-12-2-1-8(5-16-12)11-3-10(19)7-18-13(11)9(4-15)6-17-18;1-3-2-4-3/h2-4,6-8,10,22H,9H2,1H3;1-3,5-7,19H;3H,2H2,1H3. The Bertz CT molecular complexity index is 2060. The van der Waals surface area contributed by atoms with Crippen LogP contribution in [0.2, 0.25) is 0 Å². The molecule has 0 spiro atoms. The largest absolute Gasteiger partial charge is 0.506 e. The first-order chi connectivity index (χ1) is 22.2. The average molecular weight is 625 g/mol. The summed E-state index contributed by atoms with van der Waals surface area (Å²) in [6, 6.07) is 12.9. The highest BCUT2D eigenvalue weighted by Crippen LogP contribution is 2.31. The van der Waals surface area contributed by atoms with Crippen molar-refractivity contribution in [2.45, 2.75) is 26.1 Å². The van der Waals surface area contributed by atoms with Gasteiger partial charge in [0.25, 0.3) is 0 Å². The van der Waals surface area contributed by atoms with Crippen molar-refractivity contribution in [3.63, 3.8) is 0 Å². The molecule has 1 fully saturated rings. The second-order valence-electron chi connectivity index (χ2n) is 10.2. The number of aromatic hydroxyl groups is 1. The Kier molecular flexibility index (Phi) is 9.42. The molecule has 0 bridgehead atoms. The Hall–Kier alpha value is -5.96. The normalized spacial score (nSPS) is 13.8. The zero-order valence-corrected chi connectivity index (χ0v) is 24.5. The van der Waals surface area contributed by atoms with Gasteiger partial charge in [0.05, 0.1) is 65.8 Å². The third kappa shape index (κ3) is 7.39. The van der Waals surface area contributed by atoms with E-state index in [-0.39, 0.29) is 12.4 Å². The van der Waals surface area contributed by atoms with Crippen molar-refractivity contribution in [3.8, 4) is 45.9 Å². The third-order valence-electron chi connectivity index (χ3n) is 6.49. The lowest BCUT2D eigenvalue weighted by Gasteiger charge is -2.11. The number of aliphatic hydroxyl groups is 1. The SMILES string of the molecule is CC(O)COc1cc(-c2ccc(F)nc2)c2c(C#N)cnn2c1.CC1CO1.N#Cc1cnn2cc(O)cc(-c3ccc(F)nc3)c12. The molecule has 46 heavy (non-hydrogen) atoms. The number of nitriles is 2. The number of aromatic nitrogens is 6. The maximum atomic E-state index is 13.1. The molecule has 6 aromatic rings. The summed E-state index contributed by atoms with van der Waals surface area (Å²) in [7, 11) is 0. The summed E-state index contributed by atoms with van der Waals surface area (Å²) < 4.78 is 39.1. The fraction of sp³-hybridized carbons (Fsp3) is 0.188. The number of halogens is 2. The third-order valence-corrected chi connectivity index (χ3v) is 6.49. The van der Waals surface area contributed by atoms with Crippen LogP contribution in [0.4, 0.5) is 8.78 Å². The van der Waals surface area contributed by atoms with E-state index >= 15 is 0 Å². The average Bonchev–Trinajstić information content (AvgIpc) is 3.54. The Labute approximate surface area is 261 Å². The first-order valence-electron chi connectivity index (χ1n) is 13.8. The summed E-state index contributed by atoms with van der Waals surface area (Å²) in [6.45, 7) is 4.78. The highest BCUT2D eigenvalue weighted by Gasteiger charge is 2.15. The Morgan fingerprint density at radius 2 is 1.41 bits per heavy atom. The molecule has 0 radical (unpaired) electrons. The Morgan fingerprint density at radius 1 is 0.913 bits per heavy atom. The van der Waals surface area contributed by atoms with Crippen molar-refractivity contribution >= 4 is 11.0 Å². The minimum absolute atomic E-state index is 0.000542. The van der Waals surface area contributed by atoms with Crippen molar-refractivity contribution in [2.24, 2.45) is 0 Å². The minimum Gasteiger partial charge on any atom is -0.506 e. The predicted molar refractivity (Wildman–Crippen MR) is 160 cm³/mol. The number of hydrogen-bond acceptors (Lipinski definition) is 10. The molecular formula is C32H26F2N8O4. The highest BCUT2D eigenvalue weighted by atomic mass is 19.1. The van der Waals surface area contributed by atoms with Gasteiger partial charge in [0.1, 0.15) is 30.2 Å². The summed E-state index contributed by atoms with van der Waals surface area (Å²) in [5.41, 5.74) is 4.36. The summed E-state index contributed by atoms with van der Waals surface area (Å²) in [5.74, 6) is -0.695. The summed E-state index contributed by atoms with van der Waals surface area (Å²) in [4.78, 5) is 7.22. The van der Waals surface area contributed by atoms with Crippen LogP contribution in [0.5, 0.6) is 11.5 Å². The molecule has 0 saturated carbocycles. The van der Waals surface area contributed by atoms with Crippen LogP contribution in [0.1, 0.15) is 25.0 Å². The van der Waals surface area contributed by atoms with E-state index in [1.54, 1.807) is 25.3 Å². The Morgan fingerprint density at radius 3 is 1.85 bits per heavy atom. The predicted octanol–water partition coefficient (Wildman–Crippen LogP) is 4.68. The van der Waals surface area contributed by atoms with E-state index in [2.05, 4.69) is 33.2 Å². The zero-order chi connectivity index (χ0) is 32.8. The molecule has 12 nitrogen and oxygen atoms in total. The fourth-order valence-electron chi connectivity index (χ4n) is 4.27. The molecule has 0 amide bonds. The van der Waals surface area contributed by atoms with E-state index in [9.17, 15) is 24.3 Å². The second kappa shape index (κ2) is 13.8. The molecule has 14 heteroatoms. The molecule has 1 aliphatic rings. The molecule has 1 aliphatic heterocycles. The molecule has 0 aliphatic carbocycles. The molecule has 7 rings (SSSR count). The van der Waals surface area contributed by atoms with E-state index < -0.39 is 18.0 Å². The van der Waals surface area contributed by atoms with Crippen LogP contribution in [-0.4, -0.2) is 64.8 Å². The number of aliphatic hydroxyl groups excluding tert-OH is 1. The van der Waals surface area contributed by atoms with Crippen LogP contribution in [-0.2, 0) is 4.74 Å². The van der Waals surface area contributed by atoms with E-state index in [1.807, 2.05) is 6.07 Å². The summed E-state index contributed by atoms with van der Waals surface area (Å²) in [5, 5.41) is 45.5. The molecule has 7 heterocycles. The van der Waals surface area contributed by atoms with Gasteiger partial charge in [0.15, 0.2) is 0 Å². The first-order valence-corrected chi connectivity index (χ1v) is 13.8. The lowest BCUT2D eigenvalue weighted by molar-refractivity contribution is 0.122. The van der Waals surface area contributed by atoms with Crippen LogP contribution in [0.3, 0.4) is 0 Å². The van der Waals surface area contributed by atoms with E-state index in [0.29, 0.717) is 56.3 Å². The van der Waals surface area contributed by atoms with E-state index in [1.165, 1.54) is 64.3 Å². The Balaban J connectivity index is 0.000000163. The lowest BCUT2D eigenvalue weighted by Crippen LogP contribution is -2.13. The number of hydrogen-bond donors (Lipinski definition) is 2. The van der Waals surface area contributed by atoms with Crippen molar-refractivity contribution in [2.75, 3.05) is 13.2 Å². The van der Waals surface area contributed by atoms with Crippen LogP contribution in [0.15, 0.2) is 73.6 Å². The van der Waals surface area contributed by atoms with Gasteiger partial charge in [-0.3, -0.25) is 0 Å². The molecule has 1 saturated heterocycles. The minimum atomic E-state index is -0.617. The summed E-state index contributed by atoms with van der Waals surface area (Å²) in [6.07, 6.45) is 8.59. The number of rotatable bonds is 5. The zero-order valence-electron chi connectivity index (χ0n) is 24.5. The van der Waals surface area contributed by atoms with Gasteiger partial charge >= 0.3 is 0 Å². The van der Waals surface area contributed by atoms with Crippen molar-refractivity contribution < 1.29 is 28.5 Å². The monoisotopic (exact) mass is 624 g/mol. The number of ether oxygens (including phenoxy) is 2. The van der Waals surface area contributed by atoms with Crippen molar-refractivity contribution in [1.82, 2.24) is 29.2 Å². The van der Waals surface area contributed by atoms with Crippen LogP contribution in [0, 0.1) is 34.6 Å². The number of fused-ring (bicyclic) bond motifs is 2. The smallest absolute Gasteiger partial charge is 0.212 e. The highest BCUT2D eigenvalue weighted by molar-refractivity contribution is 5.85. The van der Waals surface area contributed by atoms with Gasteiger partial charge in [-0.25, -0.2) is 19.0 Å². The lowest BCUT2D eigenvalue weighted by atomic mass is 10.1. The molecule has 2 N–H and O–H groups in total. The van der Waals surface area contributed by atoms with Gasteiger partial charge in [-0.2, -0.15) is 29.5 Å². The second-order valence-corrected chi connectivity index (χ2v) is 10.2. The van der Waals surface area contributed by atoms with Crippen LogP contribution < -0.4 is 4.74 Å². The van der Waals surface area contributed by atoms with Crippen LogP contribution in [0.25, 0.3) is 33.3 Å². The van der Waals surface area contributed by atoms with E-state index in [4.69, 9.17) is 14.7 Å². The molecule has 6 aromatic heterocycles. The summed E-state index contributed by atoms with van der Waals surface area (Å²) >= 11 is 0. The molecular weight excluding hydrogens is 598 g/mol. The molecule has 0 aromatic carbocycles. The number of nitrogens with zero attached hydrogens (tertiary/aromatic N) is 8. The van der Waals surface area contributed by atoms with E-state index in [0.717, 1.165) is 6.61 Å². The van der Waals surface area contributed by atoms with Gasteiger partial charge < -0.3 is 19.7 Å². The van der Waals surface area contributed by atoms with Gasteiger partial charge in [-0.1, -0.05) is 0 Å². The maximum Gasteiger partial charge on any atom is 0.212 e. The van der Waals surface area contributed by atoms with Crippen LogP contribution >= 0.6 is 0 Å². The van der Waals surface area contributed by atoms with Crippen molar-refractivity contribution in [1.29, 1.82) is 10.5 Å². The quantitative estimate of drug-likeness (QED) is 0.203. The maximum absolute atomic E-state index is 13.1. The van der Waals surface area contributed by atoms with Gasteiger partial charge in [0.2, 0.25) is 11.9 Å². The molecule has 232 valence electrons. The number of epoxide rings is 1. The van der Waals surface area contributed by atoms with Gasteiger partial charge in [-0.15, -0.1) is 0 Å². The fourth-order valence-corrected chi connectivity index (χ4v) is 4.27. The molecule has 2 atom stereocenters. The molecule has 2 unspecified atom stereocenters. The van der Waals surface area contributed by atoms with Crippen molar-refractivity contribution in [3.05, 3.63) is 96.6 Å².